The summed E-state index contributed by atoms with van der Waals surface area (Å²) < 4.78 is 36.8. The second kappa shape index (κ2) is 14.2. The molecular weight excluding hydrogens is 603 g/mol. The number of benzene rings is 3. The van der Waals surface area contributed by atoms with Crippen molar-refractivity contribution in [2.24, 2.45) is 5.92 Å². The van der Waals surface area contributed by atoms with Crippen LogP contribution in [0.3, 0.4) is 0 Å². The summed E-state index contributed by atoms with van der Waals surface area (Å²) in [7, 11) is 0. The first-order chi connectivity index (χ1) is 22.8. The fourth-order valence-electron chi connectivity index (χ4n) is 7.48. The number of hydrogen-bond acceptors (Lipinski definition) is 7. The number of fused-ring (bicyclic) bond motifs is 2. The number of hydrogen-bond donors (Lipinski definition) is 1. The fourth-order valence-corrected chi connectivity index (χ4v) is 7.48. The Balaban J connectivity index is 1.34. The lowest BCUT2D eigenvalue weighted by atomic mass is 9.83. The minimum Gasteiger partial charge on any atom is -0.481 e. The summed E-state index contributed by atoms with van der Waals surface area (Å²) in [5.74, 6) is 0.0717. The van der Waals surface area contributed by atoms with Crippen LogP contribution in [-0.4, -0.2) is 60.6 Å². The molecule has 0 aliphatic carbocycles. The number of halogens is 1. The van der Waals surface area contributed by atoms with Crippen molar-refractivity contribution in [2.75, 3.05) is 31.6 Å². The maximum Gasteiger partial charge on any atom is 0.308 e. The number of amides is 1. The Kier molecular flexibility index (Phi) is 9.87. The Morgan fingerprint density at radius 2 is 1.70 bits per heavy atom. The van der Waals surface area contributed by atoms with Crippen LogP contribution in [0.1, 0.15) is 68.6 Å². The van der Waals surface area contributed by atoms with Crippen molar-refractivity contribution in [2.45, 2.75) is 77.3 Å². The van der Waals surface area contributed by atoms with Gasteiger partial charge < -0.3 is 29.0 Å². The normalized spacial score (nSPS) is 19.8. The minimum atomic E-state index is -0.911. The van der Waals surface area contributed by atoms with E-state index in [0.29, 0.717) is 53.6 Å². The van der Waals surface area contributed by atoms with E-state index in [9.17, 15) is 19.1 Å². The molecular formula is C37H43FN2O7. The van der Waals surface area contributed by atoms with Gasteiger partial charge in [-0.1, -0.05) is 44.9 Å². The van der Waals surface area contributed by atoms with Gasteiger partial charge in [0.2, 0.25) is 19.5 Å². The number of nitrogens with zero attached hydrogens (tertiary/aromatic N) is 2. The van der Waals surface area contributed by atoms with Crippen LogP contribution in [0.15, 0.2) is 54.6 Å². The van der Waals surface area contributed by atoms with Crippen molar-refractivity contribution < 1.29 is 38.0 Å². The smallest absolute Gasteiger partial charge is 0.308 e. The molecule has 1 saturated heterocycles. The number of rotatable bonds is 13. The lowest BCUT2D eigenvalue weighted by molar-refractivity contribution is -0.143. The number of carbonyl (C=O) groups is 2. The molecule has 3 aromatic carbocycles. The Morgan fingerprint density at radius 3 is 2.45 bits per heavy atom. The topological polar surface area (TPSA) is 97.8 Å². The van der Waals surface area contributed by atoms with E-state index in [1.54, 1.807) is 19.1 Å². The van der Waals surface area contributed by atoms with Crippen LogP contribution >= 0.6 is 0 Å². The molecule has 47 heavy (non-hydrogen) atoms. The summed E-state index contributed by atoms with van der Waals surface area (Å²) in [5.41, 5.74) is 2.91. The minimum absolute atomic E-state index is 0.0301. The molecule has 3 atom stereocenters. The van der Waals surface area contributed by atoms with Gasteiger partial charge in [-0.15, -0.1) is 0 Å². The average Bonchev–Trinajstić information content (AvgIpc) is 3.80. The number of carboxylic acid groups (broad SMARTS) is 1. The van der Waals surface area contributed by atoms with Crippen LogP contribution in [-0.2, 0) is 16.0 Å². The van der Waals surface area contributed by atoms with E-state index in [1.807, 2.05) is 46.2 Å². The molecule has 0 saturated carbocycles. The highest BCUT2D eigenvalue weighted by Crippen LogP contribution is 2.44. The van der Waals surface area contributed by atoms with Crippen molar-refractivity contribution >= 4 is 17.6 Å². The summed E-state index contributed by atoms with van der Waals surface area (Å²) in [6.45, 7) is 6.58. The summed E-state index contributed by atoms with van der Waals surface area (Å²) in [6, 6.07) is 15.6. The first-order valence-electron chi connectivity index (χ1n) is 16.6. The molecule has 3 aromatic rings. The Morgan fingerprint density at radius 1 is 0.957 bits per heavy atom. The molecule has 3 aliphatic rings. The predicted molar refractivity (Wildman–Crippen MR) is 175 cm³/mol. The Hall–Kier alpha value is -4.31. The van der Waals surface area contributed by atoms with E-state index < -0.39 is 17.9 Å². The summed E-state index contributed by atoms with van der Waals surface area (Å²) >= 11 is 0. The molecule has 3 aliphatic heterocycles. The SMILES string of the molecule is CCCC(CCC)N(C(=O)CN1C[C@H](c2ccc3c(c2)OCO3)[C@H](C(=O)O)[C@H]1CCc1cccc2c1OCO2)c1ccc(F)c(C)c1. The number of carbonyl (C=O) groups excluding carboxylic acids is 1. The Labute approximate surface area is 275 Å². The number of para-hydroxylation sites is 1. The molecule has 9 nitrogen and oxygen atoms in total. The second-order valence-electron chi connectivity index (χ2n) is 12.7. The molecule has 1 fully saturated rings. The molecule has 3 heterocycles. The van der Waals surface area contributed by atoms with E-state index in [0.717, 1.165) is 36.8 Å². The predicted octanol–water partition coefficient (Wildman–Crippen LogP) is 6.69. The van der Waals surface area contributed by atoms with Crippen LogP contribution in [0.25, 0.3) is 0 Å². The van der Waals surface area contributed by atoms with Gasteiger partial charge in [0.05, 0.1) is 12.5 Å². The number of ether oxygens (including phenoxy) is 4. The van der Waals surface area contributed by atoms with E-state index in [1.165, 1.54) is 6.07 Å². The molecule has 0 spiro atoms. The van der Waals surface area contributed by atoms with Crippen LogP contribution in [0.5, 0.6) is 23.0 Å². The van der Waals surface area contributed by atoms with Gasteiger partial charge in [-0.3, -0.25) is 14.5 Å². The third kappa shape index (κ3) is 6.74. The first-order valence-corrected chi connectivity index (χ1v) is 16.6. The van der Waals surface area contributed by atoms with Crippen molar-refractivity contribution in [1.82, 2.24) is 4.90 Å². The molecule has 1 amide bonds. The van der Waals surface area contributed by atoms with Gasteiger partial charge in [0, 0.05) is 30.2 Å². The summed E-state index contributed by atoms with van der Waals surface area (Å²) in [6.07, 6.45) is 4.43. The van der Waals surface area contributed by atoms with Gasteiger partial charge >= 0.3 is 5.97 Å². The average molecular weight is 647 g/mol. The summed E-state index contributed by atoms with van der Waals surface area (Å²) in [4.78, 5) is 31.5. The number of likely N-dealkylation sites (tertiary alicyclic amines) is 1. The van der Waals surface area contributed by atoms with Crippen LogP contribution in [0, 0.1) is 18.7 Å². The molecule has 6 rings (SSSR count). The maximum absolute atomic E-state index is 14.5. The highest BCUT2D eigenvalue weighted by molar-refractivity contribution is 5.95. The zero-order valence-corrected chi connectivity index (χ0v) is 27.2. The molecule has 0 unspecified atom stereocenters. The summed E-state index contributed by atoms with van der Waals surface area (Å²) in [5, 5.41) is 10.7. The van der Waals surface area contributed by atoms with E-state index in [2.05, 4.69) is 13.8 Å². The maximum atomic E-state index is 14.5. The molecule has 1 N–H and O–H groups in total. The van der Waals surface area contributed by atoms with Crippen LogP contribution in [0.2, 0.25) is 0 Å². The van der Waals surface area contributed by atoms with E-state index in [-0.39, 0.29) is 43.8 Å². The Bertz CT molecular complexity index is 1610. The zero-order valence-electron chi connectivity index (χ0n) is 27.2. The number of anilines is 1. The van der Waals surface area contributed by atoms with Crippen molar-refractivity contribution in [1.29, 1.82) is 0 Å². The molecule has 0 radical (unpaired) electrons. The number of carboxylic acids is 1. The second-order valence-corrected chi connectivity index (χ2v) is 12.7. The standard InChI is InChI=1S/C37H43FN2O7/c1-4-7-26(8-5-2)40(27-13-14-29(38)23(3)17-27)34(41)20-39-19-28(25-12-16-31-33(18-25)46-21-44-31)35(37(42)43)30(39)15-11-24-9-6-10-32-36(24)47-22-45-32/h6,9-10,12-14,16-18,26,28,30,35H,4-5,7-8,11,15,19-22H2,1-3H3,(H,42,43)/t28-,30-,35+/m1/s1. The lowest BCUT2D eigenvalue weighted by Crippen LogP contribution is -2.48. The largest absolute Gasteiger partial charge is 0.481 e. The number of aryl methyl sites for hydroxylation is 2. The molecule has 10 heteroatoms. The fraction of sp³-hybridized carbons (Fsp3) is 0.459. The highest BCUT2D eigenvalue weighted by atomic mass is 19.1. The van der Waals surface area contributed by atoms with Crippen molar-refractivity contribution in [3.8, 4) is 23.0 Å². The van der Waals surface area contributed by atoms with Gasteiger partial charge in [0.25, 0.3) is 0 Å². The molecule has 0 aromatic heterocycles. The van der Waals surface area contributed by atoms with E-state index in [4.69, 9.17) is 18.9 Å². The number of aliphatic carboxylic acids is 1. The lowest BCUT2D eigenvalue weighted by Gasteiger charge is -2.35. The highest BCUT2D eigenvalue weighted by Gasteiger charge is 2.47. The third-order valence-electron chi connectivity index (χ3n) is 9.68. The zero-order chi connectivity index (χ0) is 33.1. The quantitative estimate of drug-likeness (QED) is 0.219. The van der Waals surface area contributed by atoms with Crippen LogP contribution < -0.4 is 23.8 Å². The first kappa shape index (κ1) is 32.6. The van der Waals surface area contributed by atoms with Crippen LogP contribution in [0.4, 0.5) is 10.1 Å². The van der Waals surface area contributed by atoms with Gasteiger partial charge in [-0.05, 0) is 85.7 Å². The molecule has 0 bridgehead atoms. The van der Waals surface area contributed by atoms with E-state index >= 15 is 0 Å². The van der Waals surface area contributed by atoms with Crippen molar-refractivity contribution in [3.05, 3.63) is 77.1 Å². The van der Waals surface area contributed by atoms with Gasteiger partial charge in [-0.25, -0.2) is 4.39 Å². The monoisotopic (exact) mass is 646 g/mol. The van der Waals surface area contributed by atoms with Gasteiger partial charge in [0.1, 0.15) is 5.82 Å². The molecule has 250 valence electrons. The van der Waals surface area contributed by atoms with Crippen molar-refractivity contribution in [3.63, 3.8) is 0 Å². The third-order valence-corrected chi connectivity index (χ3v) is 9.68. The van der Waals surface area contributed by atoms with Gasteiger partial charge in [-0.2, -0.15) is 0 Å². The van der Waals surface area contributed by atoms with Gasteiger partial charge in [0.15, 0.2) is 23.0 Å².